The standard InChI is InChI=1S/C18H25NO/c20-17-7-6-15-14-5-4-11-2-1-3-12(11)13(14)8-9-18(15)10-16(18)19-17/h1-2,11-16H,3-10H2,(H,19,20). The number of carbonyl (C=O) groups is 1. The van der Waals surface area contributed by atoms with Crippen molar-refractivity contribution in [2.45, 2.75) is 57.4 Å². The van der Waals surface area contributed by atoms with Crippen molar-refractivity contribution >= 4 is 5.91 Å². The van der Waals surface area contributed by atoms with Crippen molar-refractivity contribution < 1.29 is 4.79 Å². The number of hydrogen-bond donors (Lipinski definition) is 1. The van der Waals surface area contributed by atoms with Gasteiger partial charge in [-0.15, -0.1) is 0 Å². The summed E-state index contributed by atoms with van der Waals surface area (Å²) in [6.45, 7) is 0. The molecule has 0 aromatic heterocycles. The topological polar surface area (TPSA) is 29.1 Å². The van der Waals surface area contributed by atoms with Crippen LogP contribution in [-0.2, 0) is 4.79 Å². The first-order valence-corrected chi connectivity index (χ1v) is 8.74. The first-order chi connectivity index (χ1) is 9.78. The number of nitrogens with one attached hydrogen (secondary N) is 1. The Morgan fingerprint density at radius 3 is 3.00 bits per heavy atom. The molecule has 7 unspecified atom stereocenters. The zero-order valence-corrected chi connectivity index (χ0v) is 12.2. The first-order valence-electron chi connectivity index (χ1n) is 8.74. The molecule has 1 amide bonds. The average molecular weight is 271 g/mol. The van der Waals surface area contributed by atoms with E-state index in [0.717, 1.165) is 36.0 Å². The van der Waals surface area contributed by atoms with E-state index in [1.54, 1.807) is 0 Å². The van der Waals surface area contributed by atoms with Crippen molar-refractivity contribution in [2.24, 2.45) is 35.0 Å². The molecule has 1 heterocycles. The summed E-state index contributed by atoms with van der Waals surface area (Å²) in [6.07, 6.45) is 15.2. The lowest BCUT2D eigenvalue weighted by Crippen LogP contribution is -2.44. The molecule has 5 aliphatic rings. The lowest BCUT2D eigenvalue weighted by atomic mass is 9.54. The van der Waals surface area contributed by atoms with Crippen LogP contribution in [-0.4, -0.2) is 11.9 Å². The van der Waals surface area contributed by atoms with Gasteiger partial charge in [-0.1, -0.05) is 12.2 Å². The van der Waals surface area contributed by atoms with E-state index >= 15 is 0 Å². The first kappa shape index (κ1) is 11.8. The Balaban J connectivity index is 1.46. The SMILES string of the molecule is O=C1CCC2C3CCC4C=CCC4C3CCC23CC3N1. The maximum Gasteiger partial charge on any atom is 0.220 e. The molecular weight excluding hydrogens is 246 g/mol. The van der Waals surface area contributed by atoms with Crippen LogP contribution in [0.3, 0.4) is 0 Å². The summed E-state index contributed by atoms with van der Waals surface area (Å²) in [4.78, 5) is 11.9. The highest BCUT2D eigenvalue weighted by Crippen LogP contribution is 2.67. The average Bonchev–Trinajstić information content (AvgIpc) is 2.93. The summed E-state index contributed by atoms with van der Waals surface area (Å²) in [5, 5.41) is 3.30. The molecule has 5 rings (SSSR count). The molecule has 0 aromatic rings. The molecule has 1 aliphatic heterocycles. The molecule has 1 saturated heterocycles. The monoisotopic (exact) mass is 271 g/mol. The largest absolute Gasteiger partial charge is 0.353 e. The van der Waals surface area contributed by atoms with E-state index in [1.807, 2.05) is 0 Å². The Labute approximate surface area is 121 Å². The van der Waals surface area contributed by atoms with Crippen molar-refractivity contribution in [3.05, 3.63) is 12.2 Å². The predicted octanol–water partition coefficient (Wildman–Crippen LogP) is 3.28. The maximum absolute atomic E-state index is 11.9. The number of amides is 1. The summed E-state index contributed by atoms with van der Waals surface area (Å²) in [5.74, 6) is 4.93. The molecule has 7 atom stereocenters. The van der Waals surface area contributed by atoms with Gasteiger partial charge < -0.3 is 5.32 Å². The predicted molar refractivity (Wildman–Crippen MR) is 77.9 cm³/mol. The number of hydrogen-bond acceptors (Lipinski definition) is 1. The second-order valence-electron chi connectivity index (χ2n) is 8.14. The van der Waals surface area contributed by atoms with Gasteiger partial charge in [0.15, 0.2) is 0 Å². The lowest BCUT2D eigenvalue weighted by molar-refractivity contribution is -0.121. The van der Waals surface area contributed by atoms with Gasteiger partial charge in [-0.2, -0.15) is 0 Å². The number of allylic oxidation sites excluding steroid dienone is 2. The smallest absolute Gasteiger partial charge is 0.220 e. The van der Waals surface area contributed by atoms with Gasteiger partial charge in [0.1, 0.15) is 0 Å². The minimum atomic E-state index is 0.328. The van der Waals surface area contributed by atoms with E-state index < -0.39 is 0 Å². The number of fused-ring (bicyclic) bond motifs is 4. The van der Waals surface area contributed by atoms with Crippen LogP contribution in [0.25, 0.3) is 0 Å². The van der Waals surface area contributed by atoms with Crippen LogP contribution in [0.2, 0.25) is 0 Å². The fourth-order valence-corrected chi connectivity index (χ4v) is 6.68. The summed E-state index contributed by atoms with van der Waals surface area (Å²) in [5.41, 5.74) is 0.534. The highest BCUT2D eigenvalue weighted by Gasteiger charge is 2.65. The van der Waals surface area contributed by atoms with Crippen LogP contribution in [0.4, 0.5) is 0 Å². The van der Waals surface area contributed by atoms with Crippen molar-refractivity contribution in [2.75, 3.05) is 0 Å². The maximum atomic E-state index is 11.9. The fourth-order valence-electron chi connectivity index (χ4n) is 6.68. The molecule has 3 saturated carbocycles. The highest BCUT2D eigenvalue weighted by atomic mass is 16.1. The third kappa shape index (κ3) is 1.43. The van der Waals surface area contributed by atoms with E-state index in [0.29, 0.717) is 17.4 Å². The molecule has 108 valence electrons. The zero-order valence-electron chi connectivity index (χ0n) is 12.2. The van der Waals surface area contributed by atoms with Crippen LogP contribution >= 0.6 is 0 Å². The second kappa shape index (κ2) is 3.90. The van der Waals surface area contributed by atoms with E-state index in [4.69, 9.17) is 0 Å². The van der Waals surface area contributed by atoms with Gasteiger partial charge in [-0.05, 0) is 80.0 Å². The molecule has 4 fully saturated rings. The van der Waals surface area contributed by atoms with Crippen molar-refractivity contribution in [1.82, 2.24) is 5.32 Å². The van der Waals surface area contributed by atoms with Gasteiger partial charge in [0.2, 0.25) is 5.91 Å². The highest BCUT2D eigenvalue weighted by molar-refractivity contribution is 5.77. The van der Waals surface area contributed by atoms with E-state index in [1.165, 1.54) is 44.9 Å². The summed E-state index contributed by atoms with van der Waals surface area (Å²) in [7, 11) is 0. The van der Waals surface area contributed by atoms with Crippen LogP contribution in [0.5, 0.6) is 0 Å². The van der Waals surface area contributed by atoms with Gasteiger partial charge in [0.05, 0.1) is 0 Å². The minimum Gasteiger partial charge on any atom is -0.353 e. The Morgan fingerprint density at radius 2 is 2.05 bits per heavy atom. The lowest BCUT2D eigenvalue weighted by Gasteiger charge is -2.50. The Hall–Kier alpha value is -0.790. The van der Waals surface area contributed by atoms with Gasteiger partial charge in [-0.3, -0.25) is 4.79 Å². The van der Waals surface area contributed by atoms with Crippen LogP contribution in [0.15, 0.2) is 12.2 Å². The molecule has 2 nitrogen and oxygen atoms in total. The third-order valence-corrected chi connectivity index (χ3v) is 7.61. The van der Waals surface area contributed by atoms with E-state index in [2.05, 4.69) is 17.5 Å². The summed E-state index contributed by atoms with van der Waals surface area (Å²) in [6, 6.07) is 0.544. The van der Waals surface area contributed by atoms with E-state index in [9.17, 15) is 4.79 Å². The van der Waals surface area contributed by atoms with Gasteiger partial charge >= 0.3 is 0 Å². The van der Waals surface area contributed by atoms with Crippen LogP contribution in [0.1, 0.15) is 51.4 Å². The number of carbonyl (C=O) groups excluding carboxylic acids is 1. The summed E-state index contributed by atoms with van der Waals surface area (Å²) >= 11 is 0. The molecule has 2 heteroatoms. The van der Waals surface area contributed by atoms with Gasteiger partial charge in [-0.25, -0.2) is 0 Å². The molecule has 1 N–H and O–H groups in total. The van der Waals surface area contributed by atoms with Crippen molar-refractivity contribution in [3.8, 4) is 0 Å². The van der Waals surface area contributed by atoms with E-state index in [-0.39, 0.29) is 0 Å². The van der Waals surface area contributed by atoms with Crippen molar-refractivity contribution in [1.29, 1.82) is 0 Å². The Bertz CT molecular complexity index is 484. The second-order valence-corrected chi connectivity index (χ2v) is 8.14. The Morgan fingerprint density at radius 1 is 1.10 bits per heavy atom. The van der Waals surface area contributed by atoms with Crippen molar-refractivity contribution in [3.63, 3.8) is 0 Å². The molecule has 1 spiro atoms. The third-order valence-electron chi connectivity index (χ3n) is 7.61. The number of rotatable bonds is 0. The fraction of sp³-hybridized carbons (Fsp3) is 0.833. The van der Waals surface area contributed by atoms with Crippen LogP contribution in [0, 0.1) is 35.0 Å². The quantitative estimate of drug-likeness (QED) is 0.673. The van der Waals surface area contributed by atoms with Crippen LogP contribution < -0.4 is 5.32 Å². The van der Waals surface area contributed by atoms with Gasteiger partial charge in [0.25, 0.3) is 0 Å². The molecule has 0 aromatic carbocycles. The molecule has 0 radical (unpaired) electrons. The molecular formula is C18H25NO. The molecule has 4 aliphatic carbocycles. The Kier molecular flexibility index (Phi) is 2.30. The normalized spacial score (nSPS) is 55.9. The van der Waals surface area contributed by atoms with Gasteiger partial charge in [0, 0.05) is 12.5 Å². The molecule has 20 heavy (non-hydrogen) atoms. The molecule has 0 bridgehead atoms. The summed E-state index contributed by atoms with van der Waals surface area (Å²) < 4.78 is 0. The zero-order chi connectivity index (χ0) is 13.3. The minimum absolute atomic E-state index is 0.328.